The van der Waals surface area contributed by atoms with Crippen LogP contribution in [0.4, 0.5) is 0 Å². The lowest BCUT2D eigenvalue weighted by atomic mass is 10.0. The highest BCUT2D eigenvalue weighted by atomic mass is 16.4. The number of fused-ring (bicyclic) bond motifs is 1. The Morgan fingerprint density at radius 1 is 1.35 bits per heavy atom. The SMILES string of the molecule is CCc1cc(=O)oc2c(CN[C@H](C(=O)O)C(C)C)c(O)ccc12. The largest absolute Gasteiger partial charge is 0.507 e. The lowest BCUT2D eigenvalue weighted by Crippen LogP contribution is -2.40. The lowest BCUT2D eigenvalue weighted by molar-refractivity contribution is -0.140. The van der Waals surface area contributed by atoms with Gasteiger partial charge < -0.3 is 14.6 Å². The summed E-state index contributed by atoms with van der Waals surface area (Å²) in [6, 6.07) is 3.91. The van der Waals surface area contributed by atoms with Crippen molar-refractivity contribution in [2.45, 2.75) is 39.8 Å². The molecule has 0 saturated carbocycles. The van der Waals surface area contributed by atoms with Crippen molar-refractivity contribution in [2.75, 3.05) is 0 Å². The molecular weight excluding hydrogens is 298 g/mol. The van der Waals surface area contributed by atoms with Crippen LogP contribution in [0.25, 0.3) is 11.0 Å². The third-order valence-corrected chi connectivity index (χ3v) is 3.89. The fourth-order valence-corrected chi connectivity index (χ4v) is 2.62. The van der Waals surface area contributed by atoms with Crippen molar-refractivity contribution in [1.29, 1.82) is 0 Å². The van der Waals surface area contributed by atoms with E-state index in [1.165, 1.54) is 12.1 Å². The second kappa shape index (κ2) is 6.83. The molecule has 0 fully saturated rings. The van der Waals surface area contributed by atoms with E-state index in [1.54, 1.807) is 19.9 Å². The summed E-state index contributed by atoms with van der Waals surface area (Å²) in [6.07, 6.45) is 0.656. The molecule has 2 rings (SSSR count). The molecule has 6 heteroatoms. The van der Waals surface area contributed by atoms with Crippen molar-refractivity contribution in [3.63, 3.8) is 0 Å². The molecule has 23 heavy (non-hydrogen) atoms. The minimum absolute atomic E-state index is 0.0331. The Bertz CT molecular complexity index is 778. The zero-order valence-corrected chi connectivity index (χ0v) is 13.4. The summed E-state index contributed by atoms with van der Waals surface area (Å²) >= 11 is 0. The summed E-state index contributed by atoms with van der Waals surface area (Å²) < 4.78 is 5.27. The highest BCUT2D eigenvalue weighted by Gasteiger charge is 2.22. The topological polar surface area (TPSA) is 99.8 Å². The average molecular weight is 319 g/mol. The molecule has 0 saturated heterocycles. The number of phenolic OH excluding ortho intramolecular Hbond substituents is 1. The van der Waals surface area contributed by atoms with Gasteiger partial charge in [-0.15, -0.1) is 0 Å². The molecule has 0 unspecified atom stereocenters. The van der Waals surface area contributed by atoms with Gasteiger partial charge in [0.2, 0.25) is 0 Å². The van der Waals surface area contributed by atoms with Gasteiger partial charge in [0.25, 0.3) is 0 Å². The van der Waals surface area contributed by atoms with Gasteiger partial charge in [-0.25, -0.2) is 4.79 Å². The van der Waals surface area contributed by atoms with Gasteiger partial charge in [-0.05, 0) is 30.0 Å². The number of carboxylic acids is 1. The molecule has 1 atom stereocenters. The number of aliphatic carboxylic acids is 1. The smallest absolute Gasteiger partial charge is 0.336 e. The number of hydrogen-bond acceptors (Lipinski definition) is 5. The Hall–Kier alpha value is -2.34. The van der Waals surface area contributed by atoms with Gasteiger partial charge in [-0.1, -0.05) is 20.8 Å². The lowest BCUT2D eigenvalue weighted by Gasteiger charge is -2.19. The van der Waals surface area contributed by atoms with Crippen LogP contribution in [0.5, 0.6) is 5.75 Å². The highest BCUT2D eigenvalue weighted by molar-refractivity contribution is 5.85. The van der Waals surface area contributed by atoms with Crippen LogP contribution in [0, 0.1) is 5.92 Å². The maximum Gasteiger partial charge on any atom is 0.336 e. The van der Waals surface area contributed by atoms with Crippen LogP contribution in [0.3, 0.4) is 0 Å². The molecule has 0 aliphatic rings. The molecule has 0 aliphatic carbocycles. The molecule has 124 valence electrons. The highest BCUT2D eigenvalue weighted by Crippen LogP contribution is 2.28. The van der Waals surface area contributed by atoms with E-state index >= 15 is 0 Å². The second-order valence-corrected chi connectivity index (χ2v) is 5.82. The van der Waals surface area contributed by atoms with E-state index in [1.807, 2.05) is 6.92 Å². The van der Waals surface area contributed by atoms with Crippen LogP contribution < -0.4 is 10.9 Å². The number of benzene rings is 1. The summed E-state index contributed by atoms with van der Waals surface area (Å²) in [7, 11) is 0. The van der Waals surface area contributed by atoms with Crippen LogP contribution in [-0.2, 0) is 17.8 Å². The van der Waals surface area contributed by atoms with E-state index in [0.29, 0.717) is 17.6 Å². The third kappa shape index (κ3) is 3.53. The monoisotopic (exact) mass is 319 g/mol. The van der Waals surface area contributed by atoms with Crippen molar-refractivity contribution >= 4 is 16.9 Å². The number of carbonyl (C=O) groups is 1. The van der Waals surface area contributed by atoms with Gasteiger partial charge >= 0.3 is 11.6 Å². The van der Waals surface area contributed by atoms with Crippen molar-refractivity contribution in [2.24, 2.45) is 5.92 Å². The summed E-state index contributed by atoms with van der Waals surface area (Å²) in [5, 5.41) is 23.0. The minimum Gasteiger partial charge on any atom is -0.507 e. The Balaban J connectivity index is 2.47. The van der Waals surface area contributed by atoms with E-state index in [9.17, 15) is 19.8 Å². The predicted octanol–water partition coefficient (Wildman–Crippen LogP) is 2.26. The number of aryl methyl sites for hydroxylation is 1. The number of aromatic hydroxyl groups is 1. The summed E-state index contributed by atoms with van der Waals surface area (Å²) in [5.74, 6) is -1.12. The van der Waals surface area contributed by atoms with Crippen molar-refractivity contribution in [1.82, 2.24) is 5.32 Å². The zero-order valence-electron chi connectivity index (χ0n) is 13.4. The molecule has 0 bridgehead atoms. The van der Waals surface area contributed by atoms with Crippen LogP contribution in [0.15, 0.2) is 27.4 Å². The first-order valence-electron chi connectivity index (χ1n) is 7.58. The molecule has 0 spiro atoms. The first-order valence-corrected chi connectivity index (χ1v) is 7.58. The minimum atomic E-state index is -0.963. The third-order valence-electron chi connectivity index (χ3n) is 3.89. The Morgan fingerprint density at radius 2 is 2.04 bits per heavy atom. The molecule has 2 aromatic rings. The van der Waals surface area contributed by atoms with E-state index in [-0.39, 0.29) is 18.2 Å². The molecule has 0 aliphatic heterocycles. The quantitative estimate of drug-likeness (QED) is 0.706. The van der Waals surface area contributed by atoms with E-state index in [4.69, 9.17) is 4.42 Å². The number of carboxylic acid groups (broad SMARTS) is 1. The van der Waals surface area contributed by atoms with Gasteiger partial charge in [0, 0.05) is 18.0 Å². The molecule has 1 aromatic heterocycles. The van der Waals surface area contributed by atoms with Gasteiger partial charge in [0.15, 0.2) is 0 Å². The summed E-state index contributed by atoms with van der Waals surface area (Å²) in [6.45, 7) is 5.61. The Morgan fingerprint density at radius 3 is 2.61 bits per heavy atom. The second-order valence-electron chi connectivity index (χ2n) is 5.82. The first-order chi connectivity index (χ1) is 10.8. The summed E-state index contributed by atoms with van der Waals surface area (Å²) in [4.78, 5) is 23.0. The maximum absolute atomic E-state index is 11.7. The summed E-state index contributed by atoms with van der Waals surface area (Å²) in [5.41, 5.74) is 1.03. The number of phenols is 1. The van der Waals surface area contributed by atoms with Crippen LogP contribution >= 0.6 is 0 Å². The van der Waals surface area contributed by atoms with Crippen molar-refractivity contribution in [3.05, 3.63) is 39.7 Å². The van der Waals surface area contributed by atoms with E-state index in [2.05, 4.69) is 5.32 Å². The van der Waals surface area contributed by atoms with E-state index < -0.39 is 17.6 Å². The van der Waals surface area contributed by atoms with Gasteiger partial charge in [-0.2, -0.15) is 0 Å². The standard InChI is InChI=1S/C17H21NO5/c1-4-10-7-14(20)23-16-11(10)5-6-13(19)12(16)8-18-15(9(2)3)17(21)22/h5-7,9,15,18-19H,4,8H2,1-3H3,(H,21,22)/t15-/m0/s1. The molecule has 1 aromatic carbocycles. The van der Waals surface area contributed by atoms with Gasteiger partial charge in [0.05, 0.1) is 5.56 Å². The van der Waals surface area contributed by atoms with Crippen molar-refractivity contribution < 1.29 is 19.4 Å². The van der Waals surface area contributed by atoms with Gasteiger partial charge in [0.1, 0.15) is 17.4 Å². The molecule has 0 radical (unpaired) electrons. The normalized spacial score (nSPS) is 12.7. The van der Waals surface area contributed by atoms with Crippen LogP contribution in [0.1, 0.15) is 31.9 Å². The van der Waals surface area contributed by atoms with Crippen molar-refractivity contribution in [3.8, 4) is 5.75 Å². The fourth-order valence-electron chi connectivity index (χ4n) is 2.62. The Kier molecular flexibility index (Phi) is 5.05. The zero-order chi connectivity index (χ0) is 17.1. The fraction of sp³-hybridized carbons (Fsp3) is 0.412. The molecular formula is C17H21NO5. The molecule has 3 N–H and O–H groups in total. The van der Waals surface area contributed by atoms with Gasteiger partial charge in [-0.3, -0.25) is 10.1 Å². The number of rotatable bonds is 6. The molecule has 1 heterocycles. The number of nitrogens with one attached hydrogen (secondary N) is 1. The van der Waals surface area contributed by atoms with Crippen LogP contribution in [-0.4, -0.2) is 22.2 Å². The molecule has 0 amide bonds. The van der Waals surface area contributed by atoms with Crippen LogP contribution in [0.2, 0.25) is 0 Å². The number of hydrogen-bond donors (Lipinski definition) is 3. The molecule has 6 nitrogen and oxygen atoms in total. The predicted molar refractivity (Wildman–Crippen MR) is 86.6 cm³/mol. The first kappa shape index (κ1) is 17.0. The Labute approximate surface area is 133 Å². The maximum atomic E-state index is 11.7. The van der Waals surface area contributed by atoms with E-state index in [0.717, 1.165) is 10.9 Å². The average Bonchev–Trinajstić information content (AvgIpc) is 2.47.